The average Bonchev–Trinajstić information content (AvgIpc) is 3.29. The lowest BCUT2D eigenvalue weighted by Crippen LogP contribution is -2.26. The van der Waals surface area contributed by atoms with Crippen LogP contribution in [0.3, 0.4) is 0 Å². The number of benzene rings is 2. The zero-order chi connectivity index (χ0) is 27.1. The summed E-state index contributed by atoms with van der Waals surface area (Å²) in [7, 11) is 2.58. The van der Waals surface area contributed by atoms with E-state index in [4.69, 9.17) is 16.3 Å². The second kappa shape index (κ2) is 12.0. The second-order valence-corrected chi connectivity index (χ2v) is 7.87. The van der Waals surface area contributed by atoms with E-state index in [-0.39, 0.29) is 46.8 Å². The maximum absolute atomic E-state index is 14.2. The van der Waals surface area contributed by atoms with Gasteiger partial charge in [0, 0.05) is 35.3 Å². The van der Waals surface area contributed by atoms with E-state index in [9.17, 15) is 23.9 Å². The molecule has 9 nitrogen and oxygen atoms in total. The van der Waals surface area contributed by atoms with Crippen LogP contribution in [0.2, 0.25) is 0 Å². The number of carbonyl (C=O) groups is 3. The van der Waals surface area contributed by atoms with E-state index in [2.05, 4.69) is 26.6 Å². The summed E-state index contributed by atoms with van der Waals surface area (Å²) < 4.78 is 23.7. The van der Waals surface area contributed by atoms with E-state index in [1.165, 1.54) is 56.2 Å². The molecule has 0 saturated carbocycles. The number of fused-ring (bicyclic) bond motifs is 1. The number of carboxylic acids is 1. The van der Waals surface area contributed by atoms with Crippen molar-refractivity contribution in [1.29, 1.82) is 0 Å². The van der Waals surface area contributed by atoms with Gasteiger partial charge in [0.25, 0.3) is 5.91 Å². The van der Waals surface area contributed by atoms with Crippen LogP contribution < -0.4 is 10.1 Å². The van der Waals surface area contributed by atoms with E-state index in [1.807, 2.05) is 0 Å². The molecule has 3 aromatic rings. The highest BCUT2D eigenvalue weighted by atomic mass is 35.5. The molecule has 0 atom stereocenters. The Labute approximate surface area is 216 Å². The summed E-state index contributed by atoms with van der Waals surface area (Å²) >= 11 is 5.71. The number of H-pyrrole nitrogens is 1. The average molecular weight is 528 g/mol. The third-order valence-corrected chi connectivity index (χ3v) is 5.50. The van der Waals surface area contributed by atoms with Crippen LogP contribution in [0.5, 0.6) is 5.75 Å². The number of nitrogens with one attached hydrogen (secondary N) is 2. The molecule has 0 aliphatic rings. The number of hydrogen-bond donors (Lipinski definition) is 3. The topological polar surface area (TPSA) is 131 Å². The molecule has 0 radical (unpaired) electrons. The number of esters is 1. The number of imidazole rings is 1. The molecule has 37 heavy (non-hydrogen) atoms. The van der Waals surface area contributed by atoms with Gasteiger partial charge in [-0.3, -0.25) is 9.59 Å². The molecule has 0 aliphatic heterocycles. The molecule has 0 bridgehead atoms. The number of aromatic nitrogens is 2. The standard InChI is InChI=1S/C26H23ClFN3O6/c1-14(16-7-6-15(11-18(16)26(34)35)25(33)29-10-8-23(32)37-3)17(5-4-9-27)24-30-20-12-19(28)22(36-2)13-21(20)31-24/h4-7,9,11-13H,1,8,10H2,2-3H3,(H,29,33)(H,30,31)(H,34,35)/b9-4-,17-5+. The Hall–Kier alpha value is -4.44. The van der Waals surface area contributed by atoms with Crippen molar-refractivity contribution in [2.24, 2.45) is 0 Å². The van der Waals surface area contributed by atoms with Crippen LogP contribution in [0.15, 0.2) is 54.6 Å². The number of hydrogen-bond acceptors (Lipinski definition) is 6. The fourth-order valence-corrected chi connectivity index (χ4v) is 3.58. The largest absolute Gasteiger partial charge is 0.494 e. The van der Waals surface area contributed by atoms with Crippen molar-refractivity contribution >= 4 is 51.6 Å². The zero-order valence-electron chi connectivity index (χ0n) is 19.9. The van der Waals surface area contributed by atoms with Crippen LogP contribution in [-0.4, -0.2) is 53.7 Å². The smallest absolute Gasteiger partial charge is 0.336 e. The van der Waals surface area contributed by atoms with Gasteiger partial charge in [0.15, 0.2) is 11.6 Å². The van der Waals surface area contributed by atoms with Gasteiger partial charge in [0.1, 0.15) is 5.82 Å². The predicted molar refractivity (Wildman–Crippen MR) is 137 cm³/mol. The molecule has 0 aliphatic carbocycles. The van der Waals surface area contributed by atoms with Crippen LogP contribution in [0.25, 0.3) is 22.2 Å². The van der Waals surface area contributed by atoms with Crippen LogP contribution in [0.4, 0.5) is 4.39 Å². The molecule has 0 spiro atoms. The molecule has 0 saturated heterocycles. The number of allylic oxidation sites excluding steroid dienone is 4. The molecule has 1 aromatic heterocycles. The van der Waals surface area contributed by atoms with Crippen LogP contribution >= 0.6 is 11.6 Å². The van der Waals surface area contributed by atoms with Crippen LogP contribution in [-0.2, 0) is 9.53 Å². The fraction of sp³-hybridized carbons (Fsp3) is 0.154. The monoisotopic (exact) mass is 527 g/mol. The van der Waals surface area contributed by atoms with Gasteiger partial charge in [-0.05, 0) is 29.3 Å². The summed E-state index contributed by atoms with van der Waals surface area (Å²) in [6.07, 6.45) is 3.04. The van der Waals surface area contributed by atoms with Gasteiger partial charge in [0.2, 0.25) is 0 Å². The highest BCUT2D eigenvalue weighted by molar-refractivity contribution is 6.25. The SMILES string of the molecule is C=C(/C(=C\C=C/Cl)c1nc2cc(F)c(OC)cc2[nH]1)c1ccc(C(=O)NCCC(=O)OC)cc1C(=O)O. The summed E-state index contributed by atoms with van der Waals surface area (Å²) in [6.45, 7) is 4.08. The maximum Gasteiger partial charge on any atom is 0.336 e. The molecule has 2 aromatic carbocycles. The first-order valence-corrected chi connectivity index (χ1v) is 11.3. The Bertz CT molecular complexity index is 1440. The Balaban J connectivity index is 1.99. The van der Waals surface area contributed by atoms with Gasteiger partial charge in [0.05, 0.1) is 37.2 Å². The van der Waals surface area contributed by atoms with Gasteiger partial charge in [-0.15, -0.1) is 0 Å². The molecule has 1 heterocycles. The van der Waals surface area contributed by atoms with Crippen molar-refractivity contribution in [3.8, 4) is 5.75 Å². The number of aromatic carboxylic acids is 1. The summed E-state index contributed by atoms with van der Waals surface area (Å²) in [4.78, 5) is 43.3. The normalized spacial score (nSPS) is 11.5. The number of rotatable bonds is 10. The molecule has 0 unspecified atom stereocenters. The molecule has 3 N–H and O–H groups in total. The molecule has 11 heteroatoms. The molecule has 1 amide bonds. The highest BCUT2D eigenvalue weighted by Crippen LogP contribution is 2.33. The third-order valence-electron chi connectivity index (χ3n) is 5.35. The zero-order valence-corrected chi connectivity index (χ0v) is 20.7. The lowest BCUT2D eigenvalue weighted by atomic mass is 9.92. The number of aromatic amines is 1. The van der Waals surface area contributed by atoms with E-state index in [0.717, 1.165) is 0 Å². The second-order valence-electron chi connectivity index (χ2n) is 7.61. The van der Waals surface area contributed by atoms with Gasteiger partial charge >= 0.3 is 11.9 Å². The van der Waals surface area contributed by atoms with E-state index in [1.54, 1.807) is 6.08 Å². The minimum absolute atomic E-state index is 0.0252. The van der Waals surface area contributed by atoms with Crippen LogP contribution in [0, 0.1) is 5.82 Å². The number of methoxy groups -OCH3 is 2. The third kappa shape index (κ3) is 6.22. The Kier molecular flexibility index (Phi) is 8.81. The van der Waals surface area contributed by atoms with Gasteiger partial charge in [-0.1, -0.05) is 30.3 Å². The van der Waals surface area contributed by atoms with Crippen LogP contribution in [0.1, 0.15) is 38.5 Å². The van der Waals surface area contributed by atoms with E-state index in [0.29, 0.717) is 16.6 Å². The van der Waals surface area contributed by atoms with Crippen molar-refractivity contribution in [2.45, 2.75) is 6.42 Å². The van der Waals surface area contributed by atoms with E-state index >= 15 is 0 Å². The summed E-state index contributed by atoms with van der Waals surface area (Å²) in [5.74, 6) is -2.62. The number of halogens is 2. The first kappa shape index (κ1) is 27.2. The number of nitrogens with zero attached hydrogens (tertiary/aromatic N) is 1. The highest BCUT2D eigenvalue weighted by Gasteiger charge is 2.21. The van der Waals surface area contributed by atoms with Gasteiger partial charge < -0.3 is 24.9 Å². The minimum Gasteiger partial charge on any atom is -0.494 e. The van der Waals surface area contributed by atoms with Gasteiger partial charge in [-0.2, -0.15) is 0 Å². The van der Waals surface area contributed by atoms with Crippen molar-refractivity contribution < 1.29 is 33.4 Å². The predicted octanol–water partition coefficient (Wildman–Crippen LogP) is 4.55. The number of amides is 1. The Morgan fingerprint density at radius 2 is 1.97 bits per heavy atom. The lowest BCUT2D eigenvalue weighted by Gasteiger charge is -2.13. The number of carbonyl (C=O) groups excluding carboxylic acids is 2. The Morgan fingerprint density at radius 3 is 2.62 bits per heavy atom. The minimum atomic E-state index is -1.29. The van der Waals surface area contributed by atoms with Crippen molar-refractivity contribution in [2.75, 3.05) is 20.8 Å². The summed E-state index contributed by atoms with van der Waals surface area (Å²) in [5, 5.41) is 12.4. The quantitative estimate of drug-likeness (QED) is 0.260. The van der Waals surface area contributed by atoms with Crippen molar-refractivity contribution in [3.63, 3.8) is 0 Å². The fourth-order valence-electron chi connectivity index (χ4n) is 3.50. The number of carboxylic acid groups (broad SMARTS) is 1. The maximum atomic E-state index is 14.2. The molecular weight excluding hydrogens is 505 g/mol. The summed E-state index contributed by atoms with van der Waals surface area (Å²) in [6, 6.07) is 6.76. The molecular formula is C26H23ClFN3O6. The van der Waals surface area contributed by atoms with Crippen molar-refractivity contribution in [1.82, 2.24) is 15.3 Å². The van der Waals surface area contributed by atoms with E-state index < -0.39 is 23.7 Å². The number of ether oxygens (including phenoxy) is 2. The molecule has 0 fully saturated rings. The Morgan fingerprint density at radius 1 is 1.22 bits per heavy atom. The van der Waals surface area contributed by atoms with Gasteiger partial charge in [-0.25, -0.2) is 14.2 Å². The van der Waals surface area contributed by atoms with Crippen molar-refractivity contribution in [3.05, 3.63) is 82.9 Å². The summed E-state index contributed by atoms with van der Waals surface area (Å²) in [5.41, 5.74) is 2.81. The first-order chi connectivity index (χ1) is 17.7. The lowest BCUT2D eigenvalue weighted by molar-refractivity contribution is -0.140. The first-order valence-electron chi connectivity index (χ1n) is 10.8. The molecule has 192 valence electrons. The molecule has 3 rings (SSSR count).